The lowest BCUT2D eigenvalue weighted by molar-refractivity contribution is 0.153. The zero-order valence-corrected chi connectivity index (χ0v) is 21.6. The predicted molar refractivity (Wildman–Crippen MR) is 143 cm³/mol. The lowest BCUT2D eigenvalue weighted by atomic mass is 9.85. The van der Waals surface area contributed by atoms with Crippen molar-refractivity contribution in [2.45, 2.75) is 83.2 Å². The van der Waals surface area contributed by atoms with Crippen LogP contribution in [0.3, 0.4) is 0 Å². The summed E-state index contributed by atoms with van der Waals surface area (Å²) in [6.45, 7) is 9.19. The number of benzene rings is 2. The summed E-state index contributed by atoms with van der Waals surface area (Å²) >= 11 is 0. The second kappa shape index (κ2) is 13.0. The van der Waals surface area contributed by atoms with Gasteiger partial charge in [0.1, 0.15) is 11.6 Å². The molecule has 190 valence electrons. The summed E-state index contributed by atoms with van der Waals surface area (Å²) in [5.74, 6) is -0.855. The quantitative estimate of drug-likeness (QED) is 0.462. The minimum atomic E-state index is -0.436. The van der Waals surface area contributed by atoms with Crippen LogP contribution in [0.25, 0.3) is 0 Å². The third kappa shape index (κ3) is 6.58. The first-order valence-electron chi connectivity index (χ1n) is 13.1. The molecule has 5 heteroatoms. The molecule has 1 aliphatic carbocycles. The summed E-state index contributed by atoms with van der Waals surface area (Å²) in [6, 6.07) is 12.7. The van der Waals surface area contributed by atoms with Gasteiger partial charge in [-0.25, -0.2) is 8.78 Å². The van der Waals surface area contributed by atoms with Gasteiger partial charge in [-0.1, -0.05) is 57.0 Å². The molecule has 2 aromatic rings. The third-order valence-corrected chi connectivity index (χ3v) is 7.05. The predicted octanol–water partition coefficient (Wildman–Crippen LogP) is 7.36. The lowest BCUT2D eigenvalue weighted by Gasteiger charge is -2.32. The molecule has 2 heterocycles. The first-order chi connectivity index (χ1) is 16.9. The first kappa shape index (κ1) is 27.1. The van der Waals surface area contributed by atoms with E-state index in [2.05, 4.69) is 43.0 Å². The van der Waals surface area contributed by atoms with Gasteiger partial charge < -0.3 is 5.32 Å². The fourth-order valence-corrected chi connectivity index (χ4v) is 5.25. The number of hydrogen-bond donors (Lipinski definition) is 1. The number of piperidine rings is 1. The Balaban J connectivity index is 0.000000221. The van der Waals surface area contributed by atoms with E-state index in [9.17, 15) is 8.78 Å². The molecule has 5 rings (SSSR count). The molecule has 35 heavy (non-hydrogen) atoms. The molecule has 3 nitrogen and oxygen atoms in total. The molecule has 0 saturated carbocycles. The van der Waals surface area contributed by atoms with Gasteiger partial charge in [-0.2, -0.15) is 5.10 Å². The van der Waals surface area contributed by atoms with Gasteiger partial charge in [0.25, 0.3) is 0 Å². The van der Waals surface area contributed by atoms with Crippen molar-refractivity contribution in [3.63, 3.8) is 0 Å². The zero-order chi connectivity index (χ0) is 25.3. The van der Waals surface area contributed by atoms with E-state index in [4.69, 9.17) is 0 Å². The van der Waals surface area contributed by atoms with E-state index in [1.54, 1.807) is 0 Å². The van der Waals surface area contributed by atoms with Gasteiger partial charge in [0.05, 0.1) is 11.3 Å². The first-order valence-corrected chi connectivity index (χ1v) is 13.1. The summed E-state index contributed by atoms with van der Waals surface area (Å²) in [5.41, 5.74) is 3.26. The van der Waals surface area contributed by atoms with Crippen LogP contribution in [-0.2, 0) is 12.0 Å². The highest BCUT2D eigenvalue weighted by molar-refractivity contribution is 6.02. The SMILES string of the molecule is C=CCCC1CCCCN1.CCC.CN1N=C(c2cc(F)ccc2F)CC12CCc1ccccc12. The Morgan fingerprint density at radius 2 is 1.94 bits per heavy atom. The van der Waals surface area contributed by atoms with Crippen molar-refractivity contribution in [3.05, 3.63) is 83.4 Å². The average Bonchev–Trinajstić information content (AvgIpc) is 3.41. The second-order valence-corrected chi connectivity index (χ2v) is 9.78. The van der Waals surface area contributed by atoms with E-state index in [1.165, 1.54) is 61.9 Å². The number of hydrazone groups is 1. The number of allylic oxidation sites excluding steroid dienone is 1. The molecule has 2 unspecified atom stereocenters. The molecule has 1 spiro atoms. The Kier molecular flexibility index (Phi) is 10.0. The standard InChI is InChI=1S/C18H16F2N2.C9H17N.C3H8/c1-22-18(9-8-12-4-2-3-5-15(12)18)11-17(21-22)14-10-13(19)6-7-16(14)20;1-2-3-6-9-7-4-5-8-10-9;1-3-2/h2-7,10H,8-9,11H2,1H3;2,9-10H,1,3-8H2;3H2,1-2H3. The summed E-state index contributed by atoms with van der Waals surface area (Å²) in [4.78, 5) is 0. The fraction of sp³-hybridized carbons (Fsp3) is 0.500. The van der Waals surface area contributed by atoms with Crippen molar-refractivity contribution < 1.29 is 8.78 Å². The van der Waals surface area contributed by atoms with Crippen LogP contribution in [0.4, 0.5) is 8.78 Å². The smallest absolute Gasteiger partial charge is 0.132 e. The molecule has 3 aliphatic rings. The van der Waals surface area contributed by atoms with Crippen molar-refractivity contribution in [1.82, 2.24) is 10.3 Å². The van der Waals surface area contributed by atoms with Crippen LogP contribution >= 0.6 is 0 Å². The van der Waals surface area contributed by atoms with Crippen molar-refractivity contribution in [1.29, 1.82) is 0 Å². The maximum Gasteiger partial charge on any atom is 0.132 e. The molecule has 0 aromatic heterocycles. The largest absolute Gasteiger partial charge is 0.314 e. The molecule has 0 radical (unpaired) electrons. The number of nitrogens with one attached hydrogen (secondary N) is 1. The van der Waals surface area contributed by atoms with Gasteiger partial charge in [-0.15, -0.1) is 6.58 Å². The number of hydrogen-bond acceptors (Lipinski definition) is 3. The summed E-state index contributed by atoms with van der Waals surface area (Å²) < 4.78 is 27.5. The summed E-state index contributed by atoms with van der Waals surface area (Å²) in [6.07, 6.45) is 12.4. The van der Waals surface area contributed by atoms with Crippen LogP contribution in [0.15, 0.2) is 60.2 Å². The van der Waals surface area contributed by atoms with E-state index < -0.39 is 11.6 Å². The number of halogens is 2. The normalized spacial score (nSPS) is 22.5. The van der Waals surface area contributed by atoms with E-state index in [-0.39, 0.29) is 11.1 Å². The highest BCUT2D eigenvalue weighted by Crippen LogP contribution is 2.47. The summed E-state index contributed by atoms with van der Waals surface area (Å²) in [5, 5.41) is 9.97. The van der Waals surface area contributed by atoms with Crippen LogP contribution in [0.5, 0.6) is 0 Å². The molecule has 2 aliphatic heterocycles. The van der Waals surface area contributed by atoms with E-state index in [0.29, 0.717) is 12.1 Å². The monoisotopic (exact) mass is 481 g/mol. The number of aryl methyl sites for hydroxylation is 1. The zero-order valence-electron chi connectivity index (χ0n) is 21.6. The number of nitrogens with zero attached hydrogens (tertiary/aromatic N) is 2. The van der Waals surface area contributed by atoms with E-state index in [1.807, 2.05) is 30.3 Å². The molecular weight excluding hydrogens is 440 g/mol. The topological polar surface area (TPSA) is 27.6 Å². The highest BCUT2D eigenvalue weighted by atomic mass is 19.1. The Bertz CT molecular complexity index is 997. The van der Waals surface area contributed by atoms with E-state index >= 15 is 0 Å². The average molecular weight is 482 g/mol. The maximum absolute atomic E-state index is 14.1. The molecule has 1 fully saturated rings. The second-order valence-electron chi connectivity index (χ2n) is 9.78. The number of rotatable bonds is 4. The van der Waals surface area contributed by atoms with Crippen molar-refractivity contribution in [2.75, 3.05) is 13.6 Å². The number of fused-ring (bicyclic) bond motifs is 2. The van der Waals surface area contributed by atoms with Gasteiger partial charge in [-0.05, 0) is 74.4 Å². The van der Waals surface area contributed by atoms with Gasteiger partial charge in [0.15, 0.2) is 0 Å². The molecule has 1 saturated heterocycles. The van der Waals surface area contributed by atoms with Gasteiger partial charge >= 0.3 is 0 Å². The van der Waals surface area contributed by atoms with Crippen molar-refractivity contribution >= 4 is 5.71 Å². The lowest BCUT2D eigenvalue weighted by Crippen LogP contribution is -2.35. The Labute approximate surface area is 210 Å². The Morgan fingerprint density at radius 1 is 1.17 bits per heavy atom. The summed E-state index contributed by atoms with van der Waals surface area (Å²) in [7, 11) is 1.92. The van der Waals surface area contributed by atoms with E-state index in [0.717, 1.165) is 31.4 Å². The highest BCUT2D eigenvalue weighted by Gasteiger charge is 2.47. The molecule has 0 bridgehead atoms. The molecular formula is C30H41F2N3. The molecule has 2 atom stereocenters. The van der Waals surface area contributed by atoms with Crippen LogP contribution in [0.1, 0.15) is 81.9 Å². The Hall–Kier alpha value is -2.53. The molecule has 1 N–H and O–H groups in total. The van der Waals surface area contributed by atoms with Gasteiger partial charge in [0, 0.05) is 25.1 Å². The fourth-order valence-electron chi connectivity index (χ4n) is 5.25. The minimum Gasteiger partial charge on any atom is -0.314 e. The van der Waals surface area contributed by atoms with Crippen LogP contribution in [0.2, 0.25) is 0 Å². The van der Waals surface area contributed by atoms with Crippen LogP contribution in [-0.4, -0.2) is 30.4 Å². The maximum atomic E-state index is 14.1. The van der Waals surface area contributed by atoms with Crippen LogP contribution in [0, 0.1) is 11.6 Å². The minimum absolute atomic E-state index is 0.218. The van der Waals surface area contributed by atoms with Gasteiger partial charge in [-0.3, -0.25) is 5.01 Å². The third-order valence-electron chi connectivity index (χ3n) is 7.05. The molecule has 2 aromatic carbocycles. The molecule has 0 amide bonds. The van der Waals surface area contributed by atoms with Gasteiger partial charge in [0.2, 0.25) is 0 Å². The van der Waals surface area contributed by atoms with Crippen LogP contribution < -0.4 is 5.32 Å². The van der Waals surface area contributed by atoms with Crippen molar-refractivity contribution in [3.8, 4) is 0 Å². The Morgan fingerprint density at radius 3 is 2.66 bits per heavy atom. The van der Waals surface area contributed by atoms with Crippen molar-refractivity contribution in [2.24, 2.45) is 5.10 Å².